The molecule has 1 fully saturated rings. The number of benzene rings is 1. The van der Waals surface area contributed by atoms with Gasteiger partial charge in [0.15, 0.2) is 0 Å². The van der Waals surface area contributed by atoms with Crippen LogP contribution in [0.5, 0.6) is 0 Å². The summed E-state index contributed by atoms with van der Waals surface area (Å²) in [6, 6.07) is 4.46. The standard InChI is InChI=1S/C33H38F5N5O3/c1-19(22-9-7-10-24(28(22)36)30(37)38)39-31-25-17-26(33(46-18-27(34)35)12-15-43(16-13-33)21(3)44)32(45)42(6)29(25)23(20(2)40-31)11-8-14-41(4)5/h7,9-10,17,19,27,30H,12-16,18H2,1-6H3,(H,39,40)/t19-/m1/s1. The number of rotatable bonds is 9. The lowest BCUT2D eigenvalue weighted by Crippen LogP contribution is -2.49. The Morgan fingerprint density at radius 3 is 2.41 bits per heavy atom. The number of halogens is 5. The number of anilines is 1. The van der Waals surface area contributed by atoms with Crippen LogP contribution in [-0.4, -0.2) is 72.0 Å². The fraction of sp³-hybridized carbons (Fsp3) is 0.485. The fourth-order valence-corrected chi connectivity index (χ4v) is 5.80. The minimum absolute atomic E-state index is 0.0151. The number of hydrogen-bond acceptors (Lipinski definition) is 6. The van der Waals surface area contributed by atoms with Crippen LogP contribution in [0.4, 0.5) is 27.8 Å². The molecule has 248 valence electrons. The van der Waals surface area contributed by atoms with E-state index in [0.29, 0.717) is 28.7 Å². The van der Waals surface area contributed by atoms with Gasteiger partial charge in [0, 0.05) is 38.0 Å². The molecule has 13 heteroatoms. The normalized spacial score (nSPS) is 15.4. The number of nitrogens with one attached hydrogen (secondary N) is 1. The van der Waals surface area contributed by atoms with E-state index in [1.807, 2.05) is 19.0 Å². The predicted octanol–water partition coefficient (Wildman–Crippen LogP) is 5.52. The van der Waals surface area contributed by atoms with E-state index < -0.39 is 48.0 Å². The van der Waals surface area contributed by atoms with Gasteiger partial charge in [0.1, 0.15) is 23.8 Å². The zero-order valence-electron chi connectivity index (χ0n) is 26.7. The SMILES string of the molecule is CC(=O)N1CCC(OCC(F)F)(c2cc3c(N[C@H](C)c4cccc(C(F)F)c4F)nc(C)c(C#CCN(C)C)c3n(C)c2=O)CC1. The number of hydrogen-bond donors (Lipinski definition) is 1. The number of pyridine rings is 2. The molecule has 0 radical (unpaired) electrons. The molecular formula is C33H38F5N5O3. The number of fused-ring (bicyclic) bond motifs is 1. The van der Waals surface area contributed by atoms with Gasteiger partial charge in [0.25, 0.3) is 18.4 Å². The highest BCUT2D eigenvalue weighted by Crippen LogP contribution is 2.39. The highest BCUT2D eigenvalue weighted by Gasteiger charge is 2.41. The third-order valence-electron chi connectivity index (χ3n) is 8.26. The highest BCUT2D eigenvalue weighted by molar-refractivity contribution is 5.95. The van der Waals surface area contributed by atoms with E-state index >= 15 is 4.39 Å². The van der Waals surface area contributed by atoms with Gasteiger partial charge in [0.2, 0.25) is 5.91 Å². The highest BCUT2D eigenvalue weighted by atomic mass is 19.3. The first-order valence-electron chi connectivity index (χ1n) is 14.9. The summed E-state index contributed by atoms with van der Waals surface area (Å²) in [7, 11) is 5.24. The molecule has 1 aliphatic rings. The van der Waals surface area contributed by atoms with Crippen LogP contribution in [0.15, 0.2) is 29.1 Å². The third-order valence-corrected chi connectivity index (χ3v) is 8.26. The summed E-state index contributed by atoms with van der Waals surface area (Å²) in [6.45, 7) is 4.58. The van der Waals surface area contributed by atoms with Gasteiger partial charge in [-0.15, -0.1) is 0 Å². The van der Waals surface area contributed by atoms with Crippen LogP contribution in [0, 0.1) is 24.6 Å². The van der Waals surface area contributed by atoms with Crippen LogP contribution in [0.25, 0.3) is 10.9 Å². The number of amides is 1. The van der Waals surface area contributed by atoms with Gasteiger partial charge in [-0.2, -0.15) is 0 Å². The van der Waals surface area contributed by atoms with E-state index in [2.05, 4.69) is 17.2 Å². The van der Waals surface area contributed by atoms with Gasteiger partial charge in [-0.05, 0) is 46.9 Å². The van der Waals surface area contributed by atoms with Crippen LogP contribution < -0.4 is 10.9 Å². The van der Waals surface area contributed by atoms with E-state index in [4.69, 9.17) is 9.72 Å². The topological polar surface area (TPSA) is 79.7 Å². The molecule has 1 atom stereocenters. The van der Waals surface area contributed by atoms with Gasteiger partial charge in [-0.3, -0.25) is 14.5 Å². The zero-order valence-corrected chi connectivity index (χ0v) is 26.7. The second kappa shape index (κ2) is 14.2. The van der Waals surface area contributed by atoms with E-state index in [0.717, 1.165) is 6.07 Å². The van der Waals surface area contributed by atoms with Gasteiger partial charge >= 0.3 is 0 Å². The van der Waals surface area contributed by atoms with Crippen LogP contribution >= 0.6 is 0 Å². The summed E-state index contributed by atoms with van der Waals surface area (Å²) in [6.07, 6.45) is -5.62. The summed E-state index contributed by atoms with van der Waals surface area (Å²) >= 11 is 0. The summed E-state index contributed by atoms with van der Waals surface area (Å²) in [5, 5.41) is 3.51. The fourth-order valence-electron chi connectivity index (χ4n) is 5.80. The summed E-state index contributed by atoms with van der Waals surface area (Å²) in [5.74, 6) is 5.14. The van der Waals surface area contributed by atoms with E-state index in [9.17, 15) is 27.2 Å². The van der Waals surface area contributed by atoms with Crippen molar-refractivity contribution < 1.29 is 31.5 Å². The van der Waals surface area contributed by atoms with Crippen molar-refractivity contribution in [3.8, 4) is 11.8 Å². The number of carbonyl (C=O) groups is 1. The molecule has 1 aromatic carbocycles. The first-order valence-corrected chi connectivity index (χ1v) is 14.9. The lowest BCUT2D eigenvalue weighted by atomic mass is 9.83. The van der Waals surface area contributed by atoms with Crippen LogP contribution in [0.2, 0.25) is 0 Å². The number of piperidine rings is 1. The maximum atomic E-state index is 15.1. The number of nitrogens with zero attached hydrogens (tertiary/aromatic N) is 4. The molecule has 1 aliphatic heterocycles. The summed E-state index contributed by atoms with van der Waals surface area (Å²) in [5.41, 5.74) is -1.26. The molecule has 1 N–H and O–H groups in total. The van der Waals surface area contributed by atoms with Crippen molar-refractivity contribution in [2.75, 3.05) is 45.7 Å². The maximum absolute atomic E-state index is 15.1. The van der Waals surface area contributed by atoms with Crippen molar-refractivity contribution in [2.24, 2.45) is 7.05 Å². The quantitative estimate of drug-likeness (QED) is 0.243. The molecular weight excluding hydrogens is 609 g/mol. The third kappa shape index (κ3) is 7.18. The average molecular weight is 648 g/mol. The second-order valence-corrected chi connectivity index (χ2v) is 11.8. The second-order valence-electron chi connectivity index (χ2n) is 11.8. The number of aromatic nitrogens is 2. The van der Waals surface area contributed by atoms with Crippen molar-refractivity contribution in [3.05, 3.63) is 68.4 Å². The average Bonchev–Trinajstić information content (AvgIpc) is 2.99. The largest absolute Gasteiger partial charge is 0.364 e. The van der Waals surface area contributed by atoms with Crippen molar-refractivity contribution in [3.63, 3.8) is 0 Å². The molecule has 3 aromatic rings. The molecule has 0 saturated carbocycles. The molecule has 0 bridgehead atoms. The van der Waals surface area contributed by atoms with Crippen molar-refractivity contribution in [1.82, 2.24) is 19.4 Å². The number of aryl methyl sites for hydroxylation is 2. The maximum Gasteiger partial charge on any atom is 0.266 e. The van der Waals surface area contributed by atoms with E-state index in [1.165, 1.54) is 36.7 Å². The van der Waals surface area contributed by atoms with Gasteiger partial charge in [-0.1, -0.05) is 30.0 Å². The van der Waals surface area contributed by atoms with Gasteiger partial charge in [-0.25, -0.2) is 26.9 Å². The molecule has 0 spiro atoms. The molecule has 46 heavy (non-hydrogen) atoms. The Labute approximate surface area is 264 Å². The van der Waals surface area contributed by atoms with Gasteiger partial charge in [0.05, 0.1) is 40.5 Å². The Kier molecular flexibility index (Phi) is 10.7. The zero-order chi connectivity index (χ0) is 33.9. The summed E-state index contributed by atoms with van der Waals surface area (Å²) < 4.78 is 76.2. The minimum atomic E-state index is -3.01. The van der Waals surface area contributed by atoms with E-state index in [1.54, 1.807) is 18.7 Å². The molecule has 8 nitrogen and oxygen atoms in total. The Hall–Kier alpha value is -4.02. The first kappa shape index (κ1) is 34.8. The molecule has 1 amide bonds. The molecule has 0 aliphatic carbocycles. The van der Waals surface area contributed by atoms with Crippen LogP contribution in [0.1, 0.15) is 67.1 Å². The molecule has 0 unspecified atom stereocenters. The smallest absolute Gasteiger partial charge is 0.266 e. The Morgan fingerprint density at radius 1 is 1.17 bits per heavy atom. The lowest BCUT2D eigenvalue weighted by Gasteiger charge is -2.41. The number of alkyl halides is 4. The minimum Gasteiger partial charge on any atom is -0.364 e. The summed E-state index contributed by atoms with van der Waals surface area (Å²) in [4.78, 5) is 34.3. The Balaban J connectivity index is 1.96. The molecule has 2 aromatic heterocycles. The first-order chi connectivity index (χ1) is 21.7. The Bertz CT molecular complexity index is 1720. The van der Waals surface area contributed by atoms with Crippen LogP contribution in [-0.2, 0) is 22.2 Å². The Morgan fingerprint density at radius 2 is 1.83 bits per heavy atom. The molecule has 4 rings (SSSR count). The van der Waals surface area contributed by atoms with Crippen molar-refractivity contribution >= 4 is 22.6 Å². The number of carbonyl (C=O) groups excluding carboxylic acids is 1. The number of ether oxygens (including phenoxy) is 1. The monoisotopic (exact) mass is 647 g/mol. The van der Waals surface area contributed by atoms with Crippen LogP contribution in [0.3, 0.4) is 0 Å². The van der Waals surface area contributed by atoms with Gasteiger partial charge < -0.3 is 19.5 Å². The van der Waals surface area contributed by atoms with Crippen molar-refractivity contribution in [2.45, 2.75) is 58.1 Å². The number of likely N-dealkylation sites (tertiary alicyclic amines) is 1. The lowest BCUT2D eigenvalue weighted by molar-refractivity contribution is -0.143. The van der Waals surface area contributed by atoms with E-state index in [-0.39, 0.29) is 48.8 Å². The predicted molar refractivity (Wildman–Crippen MR) is 166 cm³/mol. The van der Waals surface area contributed by atoms with Crippen molar-refractivity contribution in [1.29, 1.82) is 0 Å². The molecule has 3 heterocycles. The molecule has 1 saturated heterocycles.